The van der Waals surface area contributed by atoms with Gasteiger partial charge in [-0.1, -0.05) is 18.2 Å². The lowest BCUT2D eigenvalue weighted by molar-refractivity contribution is -0.274. The first-order valence-electron chi connectivity index (χ1n) is 6.11. The SMILES string of the molecule is Cl.N#Cc1cc([C@H](N)c2ccc(OC(F)(F)F)cc2)ccc1F. The van der Waals surface area contributed by atoms with E-state index in [1.165, 1.54) is 24.3 Å². The zero-order chi connectivity index (χ0) is 16.3. The predicted molar refractivity (Wildman–Crippen MR) is 77.5 cm³/mol. The summed E-state index contributed by atoms with van der Waals surface area (Å²) in [4.78, 5) is 0. The Morgan fingerprint density at radius 2 is 1.61 bits per heavy atom. The van der Waals surface area contributed by atoms with Crippen LogP contribution in [-0.2, 0) is 0 Å². The number of alkyl halides is 3. The summed E-state index contributed by atoms with van der Waals surface area (Å²) >= 11 is 0. The summed E-state index contributed by atoms with van der Waals surface area (Å²) in [6.45, 7) is 0. The van der Waals surface area contributed by atoms with Gasteiger partial charge in [0.25, 0.3) is 0 Å². The van der Waals surface area contributed by atoms with Crippen LogP contribution < -0.4 is 10.5 Å². The second-order valence-corrected chi connectivity index (χ2v) is 4.45. The molecule has 2 rings (SSSR count). The summed E-state index contributed by atoms with van der Waals surface area (Å²) in [6, 6.07) is 9.87. The van der Waals surface area contributed by atoms with E-state index >= 15 is 0 Å². The number of nitrogens with two attached hydrogens (primary N) is 1. The topological polar surface area (TPSA) is 59.0 Å². The van der Waals surface area contributed by atoms with Crippen molar-refractivity contribution in [1.82, 2.24) is 0 Å². The number of hydrogen-bond donors (Lipinski definition) is 1. The van der Waals surface area contributed by atoms with E-state index in [0.29, 0.717) is 11.1 Å². The van der Waals surface area contributed by atoms with Crippen LogP contribution in [0, 0.1) is 17.1 Å². The maximum absolute atomic E-state index is 13.3. The first-order chi connectivity index (χ1) is 10.3. The molecule has 0 saturated carbocycles. The Kier molecular flexibility index (Phi) is 5.96. The van der Waals surface area contributed by atoms with E-state index in [4.69, 9.17) is 11.0 Å². The van der Waals surface area contributed by atoms with E-state index in [9.17, 15) is 17.6 Å². The molecule has 0 spiro atoms. The monoisotopic (exact) mass is 346 g/mol. The standard InChI is InChI=1S/C15H10F4N2O.ClH/c16-13-6-3-10(7-11(13)8-20)14(21)9-1-4-12(5-2-9)22-15(17,18)19;/h1-7,14H,21H2;1H/t14-;/m1./s1. The molecule has 0 saturated heterocycles. The zero-order valence-corrected chi connectivity index (χ0v) is 12.3. The highest BCUT2D eigenvalue weighted by molar-refractivity contribution is 5.85. The van der Waals surface area contributed by atoms with Crippen LogP contribution in [0.4, 0.5) is 17.6 Å². The predicted octanol–water partition coefficient (Wildman–Crippen LogP) is 4.07. The quantitative estimate of drug-likeness (QED) is 0.852. The number of ether oxygens (including phenoxy) is 1. The molecular weight excluding hydrogens is 336 g/mol. The van der Waals surface area contributed by atoms with Gasteiger partial charge in [0, 0.05) is 0 Å². The van der Waals surface area contributed by atoms with Crippen LogP contribution in [0.15, 0.2) is 42.5 Å². The molecule has 0 aromatic heterocycles. The fourth-order valence-corrected chi connectivity index (χ4v) is 1.89. The molecular formula is C15H11ClF4N2O. The van der Waals surface area contributed by atoms with Crippen LogP contribution >= 0.6 is 12.4 Å². The van der Waals surface area contributed by atoms with Crippen LogP contribution in [0.1, 0.15) is 22.7 Å². The van der Waals surface area contributed by atoms with Gasteiger partial charge in [0.05, 0.1) is 11.6 Å². The van der Waals surface area contributed by atoms with Crippen LogP contribution in [0.25, 0.3) is 0 Å². The molecule has 0 bridgehead atoms. The van der Waals surface area contributed by atoms with Gasteiger partial charge in [-0.25, -0.2) is 4.39 Å². The normalized spacial score (nSPS) is 12.0. The van der Waals surface area contributed by atoms with Crippen molar-refractivity contribution in [1.29, 1.82) is 5.26 Å². The summed E-state index contributed by atoms with van der Waals surface area (Å²) in [5.41, 5.74) is 6.80. The molecule has 0 aliphatic rings. The Hall–Kier alpha value is -2.30. The molecule has 2 N–H and O–H groups in total. The minimum Gasteiger partial charge on any atom is -0.406 e. The molecule has 2 aromatic rings. The Bertz CT molecular complexity index is 711. The van der Waals surface area contributed by atoms with Crippen molar-refractivity contribution in [2.45, 2.75) is 12.4 Å². The first kappa shape index (κ1) is 18.7. The highest BCUT2D eigenvalue weighted by atomic mass is 35.5. The van der Waals surface area contributed by atoms with E-state index in [2.05, 4.69) is 4.74 Å². The second-order valence-electron chi connectivity index (χ2n) is 4.45. The van der Waals surface area contributed by atoms with Crippen molar-refractivity contribution in [3.8, 4) is 11.8 Å². The van der Waals surface area contributed by atoms with Gasteiger partial charge < -0.3 is 10.5 Å². The van der Waals surface area contributed by atoms with Crippen LogP contribution in [0.3, 0.4) is 0 Å². The smallest absolute Gasteiger partial charge is 0.406 e. The molecule has 0 radical (unpaired) electrons. The van der Waals surface area contributed by atoms with Crippen molar-refractivity contribution in [2.75, 3.05) is 0 Å². The highest BCUT2D eigenvalue weighted by Crippen LogP contribution is 2.26. The maximum atomic E-state index is 13.3. The zero-order valence-electron chi connectivity index (χ0n) is 11.5. The van der Waals surface area contributed by atoms with E-state index in [1.54, 1.807) is 6.07 Å². The lowest BCUT2D eigenvalue weighted by Gasteiger charge is -2.14. The minimum atomic E-state index is -4.76. The van der Waals surface area contributed by atoms with Gasteiger partial charge >= 0.3 is 6.36 Å². The summed E-state index contributed by atoms with van der Waals surface area (Å²) in [6.07, 6.45) is -4.76. The van der Waals surface area contributed by atoms with Gasteiger partial charge in [-0.2, -0.15) is 5.26 Å². The van der Waals surface area contributed by atoms with E-state index in [1.807, 2.05) is 0 Å². The first-order valence-corrected chi connectivity index (χ1v) is 6.11. The molecule has 0 fully saturated rings. The number of nitrogens with zero attached hydrogens (tertiary/aromatic N) is 1. The average Bonchev–Trinajstić information content (AvgIpc) is 2.46. The Morgan fingerprint density at radius 1 is 1.04 bits per heavy atom. The number of halogens is 5. The van der Waals surface area contributed by atoms with Crippen molar-refractivity contribution in [2.24, 2.45) is 5.73 Å². The lowest BCUT2D eigenvalue weighted by Crippen LogP contribution is -2.17. The van der Waals surface area contributed by atoms with Gasteiger partial charge in [0.15, 0.2) is 0 Å². The molecule has 0 heterocycles. The Balaban J connectivity index is 0.00000264. The van der Waals surface area contributed by atoms with Crippen molar-refractivity contribution in [3.05, 3.63) is 65.0 Å². The fraction of sp³-hybridized carbons (Fsp3) is 0.133. The summed E-state index contributed by atoms with van der Waals surface area (Å²) < 4.78 is 53.2. The van der Waals surface area contributed by atoms with Crippen LogP contribution in [0.5, 0.6) is 5.75 Å². The van der Waals surface area contributed by atoms with Gasteiger partial charge in [-0.05, 0) is 35.4 Å². The van der Waals surface area contributed by atoms with Crippen LogP contribution in [-0.4, -0.2) is 6.36 Å². The van der Waals surface area contributed by atoms with Crippen LogP contribution in [0.2, 0.25) is 0 Å². The third-order valence-corrected chi connectivity index (χ3v) is 2.94. The van der Waals surface area contributed by atoms with Gasteiger partial charge in [0.1, 0.15) is 17.6 Å². The van der Waals surface area contributed by atoms with Crippen molar-refractivity contribution < 1.29 is 22.3 Å². The Labute approximate surface area is 135 Å². The molecule has 8 heteroatoms. The van der Waals surface area contributed by atoms with Gasteiger partial charge in [-0.3, -0.25) is 0 Å². The molecule has 0 aliphatic carbocycles. The summed E-state index contributed by atoms with van der Waals surface area (Å²) in [5, 5.41) is 8.79. The molecule has 2 aromatic carbocycles. The molecule has 122 valence electrons. The summed E-state index contributed by atoms with van der Waals surface area (Å²) in [7, 11) is 0. The van der Waals surface area contributed by atoms with Gasteiger partial charge in [-0.15, -0.1) is 25.6 Å². The van der Waals surface area contributed by atoms with Crippen molar-refractivity contribution >= 4 is 12.4 Å². The molecule has 0 aliphatic heterocycles. The van der Waals surface area contributed by atoms with E-state index < -0.39 is 18.2 Å². The minimum absolute atomic E-state index is 0. The highest BCUT2D eigenvalue weighted by Gasteiger charge is 2.31. The molecule has 23 heavy (non-hydrogen) atoms. The molecule has 0 unspecified atom stereocenters. The molecule has 3 nitrogen and oxygen atoms in total. The number of nitriles is 1. The number of hydrogen-bond acceptors (Lipinski definition) is 3. The average molecular weight is 347 g/mol. The number of benzene rings is 2. The summed E-state index contributed by atoms with van der Waals surface area (Å²) in [5.74, 6) is -1.02. The largest absolute Gasteiger partial charge is 0.573 e. The van der Waals surface area contributed by atoms with Gasteiger partial charge in [0.2, 0.25) is 0 Å². The van der Waals surface area contributed by atoms with E-state index in [0.717, 1.165) is 18.2 Å². The lowest BCUT2D eigenvalue weighted by atomic mass is 9.98. The third kappa shape index (κ3) is 4.84. The number of rotatable bonds is 3. The van der Waals surface area contributed by atoms with E-state index in [-0.39, 0.29) is 23.7 Å². The fourth-order valence-electron chi connectivity index (χ4n) is 1.89. The third-order valence-electron chi connectivity index (χ3n) is 2.94. The Morgan fingerprint density at radius 3 is 2.13 bits per heavy atom. The molecule has 0 amide bonds. The molecule has 1 atom stereocenters. The maximum Gasteiger partial charge on any atom is 0.573 e. The van der Waals surface area contributed by atoms with Crippen molar-refractivity contribution in [3.63, 3.8) is 0 Å². The second kappa shape index (κ2) is 7.31.